The second kappa shape index (κ2) is 6.35. The van der Waals surface area contributed by atoms with Crippen molar-refractivity contribution < 1.29 is 0 Å². The van der Waals surface area contributed by atoms with Crippen LogP contribution in [0.5, 0.6) is 0 Å². The maximum atomic E-state index is 6.26. The number of thiazole rings is 1. The summed E-state index contributed by atoms with van der Waals surface area (Å²) >= 11 is 7.90. The Labute approximate surface area is 143 Å². The van der Waals surface area contributed by atoms with Crippen LogP contribution < -0.4 is 0 Å². The van der Waals surface area contributed by atoms with Gasteiger partial charge in [-0.2, -0.15) is 0 Å². The van der Waals surface area contributed by atoms with Gasteiger partial charge in [0.1, 0.15) is 11.3 Å². The van der Waals surface area contributed by atoms with Gasteiger partial charge in [-0.1, -0.05) is 29.8 Å². The van der Waals surface area contributed by atoms with Gasteiger partial charge in [0.2, 0.25) is 0 Å². The summed E-state index contributed by atoms with van der Waals surface area (Å²) in [4.78, 5) is 15.6. The van der Waals surface area contributed by atoms with E-state index in [0.29, 0.717) is 0 Å². The number of rotatable bonds is 3. The topological polar surface area (TPSA) is 41.9 Å². The molecule has 0 N–H and O–H groups in total. The van der Waals surface area contributed by atoms with E-state index < -0.39 is 0 Å². The number of fused-ring (bicyclic) bond motifs is 1. The second-order valence-corrected chi connectivity index (χ2v) is 6.84. The van der Waals surface area contributed by atoms with Crippen molar-refractivity contribution >= 4 is 22.9 Å². The summed E-state index contributed by atoms with van der Waals surface area (Å²) in [6.45, 7) is 2.71. The van der Waals surface area contributed by atoms with Gasteiger partial charge in [-0.3, -0.25) is 4.90 Å². The summed E-state index contributed by atoms with van der Waals surface area (Å²) in [5.74, 6) is 0. The van der Waals surface area contributed by atoms with Crippen molar-refractivity contribution in [1.82, 2.24) is 19.9 Å². The first-order valence-corrected chi connectivity index (χ1v) is 8.75. The molecule has 6 heteroatoms. The van der Waals surface area contributed by atoms with Crippen LogP contribution in [0.3, 0.4) is 0 Å². The Balaban J connectivity index is 1.50. The standard InChI is InChI=1S/C17H15ClN4S/c18-15-4-2-1-3-14(15)17-21-13(10-23-17)8-22-6-5-12-7-19-11-20-16(12)9-22/h1-4,7,10-11H,5-6,8-9H2. The van der Waals surface area contributed by atoms with E-state index in [1.807, 2.05) is 30.5 Å². The molecule has 0 saturated heterocycles. The van der Waals surface area contributed by atoms with Crippen molar-refractivity contribution in [3.8, 4) is 10.6 Å². The maximum Gasteiger partial charge on any atom is 0.125 e. The molecule has 1 aliphatic rings. The fraction of sp³-hybridized carbons (Fsp3) is 0.235. The molecule has 0 spiro atoms. The molecular formula is C17H15ClN4S. The normalized spacial score (nSPS) is 14.7. The van der Waals surface area contributed by atoms with Gasteiger partial charge in [0, 0.05) is 36.8 Å². The molecule has 0 saturated carbocycles. The number of halogens is 1. The van der Waals surface area contributed by atoms with Gasteiger partial charge < -0.3 is 0 Å². The molecule has 23 heavy (non-hydrogen) atoms. The lowest BCUT2D eigenvalue weighted by Crippen LogP contribution is -2.30. The Morgan fingerprint density at radius 1 is 1.26 bits per heavy atom. The van der Waals surface area contributed by atoms with Crippen molar-refractivity contribution in [1.29, 1.82) is 0 Å². The third-order valence-corrected chi connectivity index (χ3v) is 5.25. The van der Waals surface area contributed by atoms with E-state index in [1.54, 1.807) is 17.7 Å². The quantitative estimate of drug-likeness (QED) is 0.725. The lowest BCUT2D eigenvalue weighted by atomic mass is 10.1. The molecule has 1 aromatic carbocycles. The van der Waals surface area contributed by atoms with Crippen molar-refractivity contribution in [3.63, 3.8) is 0 Å². The third-order valence-electron chi connectivity index (χ3n) is 3.99. The SMILES string of the molecule is Clc1ccccc1-c1nc(CN2CCc3cncnc3C2)cs1. The smallest absolute Gasteiger partial charge is 0.125 e. The van der Waals surface area contributed by atoms with Gasteiger partial charge in [0.15, 0.2) is 0 Å². The Bertz CT molecular complexity index is 833. The molecule has 0 radical (unpaired) electrons. The van der Waals surface area contributed by atoms with Gasteiger partial charge in [-0.05, 0) is 18.1 Å². The number of nitrogens with zero attached hydrogens (tertiary/aromatic N) is 4. The van der Waals surface area contributed by atoms with Gasteiger partial charge in [-0.15, -0.1) is 11.3 Å². The van der Waals surface area contributed by atoms with Crippen LogP contribution in [-0.2, 0) is 19.5 Å². The molecular weight excluding hydrogens is 328 g/mol. The van der Waals surface area contributed by atoms with Crippen molar-refractivity contribution in [2.75, 3.05) is 6.54 Å². The van der Waals surface area contributed by atoms with E-state index in [2.05, 4.69) is 20.2 Å². The molecule has 4 nitrogen and oxygen atoms in total. The first kappa shape index (κ1) is 14.8. The minimum Gasteiger partial charge on any atom is -0.291 e. The third kappa shape index (κ3) is 3.13. The Kier molecular flexibility index (Phi) is 4.08. The van der Waals surface area contributed by atoms with Crippen molar-refractivity contribution in [2.45, 2.75) is 19.5 Å². The Morgan fingerprint density at radius 2 is 2.17 bits per heavy atom. The van der Waals surface area contributed by atoms with Crippen LogP contribution >= 0.6 is 22.9 Å². The molecule has 0 aliphatic carbocycles. The molecule has 0 atom stereocenters. The molecule has 4 rings (SSSR count). The summed E-state index contributed by atoms with van der Waals surface area (Å²) in [6, 6.07) is 7.84. The van der Waals surface area contributed by atoms with Crippen LogP contribution in [0.1, 0.15) is 17.0 Å². The summed E-state index contributed by atoms with van der Waals surface area (Å²) < 4.78 is 0. The molecule has 3 heterocycles. The van der Waals surface area contributed by atoms with Crippen molar-refractivity contribution in [3.05, 3.63) is 64.1 Å². The highest BCUT2D eigenvalue weighted by Crippen LogP contribution is 2.30. The second-order valence-electron chi connectivity index (χ2n) is 5.58. The molecule has 0 amide bonds. The first-order valence-electron chi connectivity index (χ1n) is 7.49. The first-order chi connectivity index (χ1) is 11.3. The molecule has 116 valence electrons. The van der Waals surface area contributed by atoms with Crippen LogP contribution in [0.25, 0.3) is 10.6 Å². The molecule has 3 aromatic rings. The van der Waals surface area contributed by atoms with Crippen LogP contribution in [0.2, 0.25) is 5.02 Å². The fourth-order valence-corrected chi connectivity index (χ4v) is 3.94. The van der Waals surface area contributed by atoms with E-state index in [-0.39, 0.29) is 0 Å². The van der Waals surface area contributed by atoms with Gasteiger partial charge in [0.05, 0.1) is 16.4 Å². The van der Waals surface area contributed by atoms with E-state index in [9.17, 15) is 0 Å². The fourth-order valence-electron chi connectivity index (χ4n) is 2.81. The lowest BCUT2D eigenvalue weighted by Gasteiger charge is -2.26. The average molecular weight is 343 g/mol. The molecule has 2 aromatic heterocycles. The number of aromatic nitrogens is 3. The zero-order valence-electron chi connectivity index (χ0n) is 12.4. The van der Waals surface area contributed by atoms with Crippen LogP contribution in [0.4, 0.5) is 0 Å². The monoisotopic (exact) mass is 342 g/mol. The number of hydrogen-bond donors (Lipinski definition) is 0. The minimum absolute atomic E-state index is 0.747. The lowest BCUT2D eigenvalue weighted by molar-refractivity contribution is 0.239. The molecule has 0 unspecified atom stereocenters. The van der Waals surface area contributed by atoms with Gasteiger partial charge >= 0.3 is 0 Å². The minimum atomic E-state index is 0.747. The van der Waals surface area contributed by atoms with E-state index >= 15 is 0 Å². The Hall–Kier alpha value is -1.82. The predicted octanol–water partition coefficient (Wildman–Crippen LogP) is 3.81. The van der Waals surface area contributed by atoms with Gasteiger partial charge in [-0.25, -0.2) is 15.0 Å². The molecule has 0 bridgehead atoms. The largest absolute Gasteiger partial charge is 0.291 e. The average Bonchev–Trinajstić information content (AvgIpc) is 3.03. The van der Waals surface area contributed by atoms with E-state index in [4.69, 9.17) is 16.6 Å². The van der Waals surface area contributed by atoms with E-state index in [1.165, 1.54) is 5.56 Å². The highest BCUT2D eigenvalue weighted by Gasteiger charge is 2.18. The molecule has 0 fully saturated rings. The summed E-state index contributed by atoms with van der Waals surface area (Å²) in [5.41, 5.74) is 4.48. The highest BCUT2D eigenvalue weighted by atomic mass is 35.5. The molecule has 1 aliphatic heterocycles. The highest BCUT2D eigenvalue weighted by molar-refractivity contribution is 7.13. The maximum absolute atomic E-state index is 6.26. The van der Waals surface area contributed by atoms with Gasteiger partial charge in [0.25, 0.3) is 0 Å². The summed E-state index contributed by atoms with van der Waals surface area (Å²) in [7, 11) is 0. The van der Waals surface area contributed by atoms with Crippen LogP contribution in [0, 0.1) is 0 Å². The summed E-state index contributed by atoms with van der Waals surface area (Å²) in [6.07, 6.45) is 4.55. The van der Waals surface area contributed by atoms with Crippen LogP contribution in [0.15, 0.2) is 42.2 Å². The number of hydrogen-bond acceptors (Lipinski definition) is 5. The zero-order valence-corrected chi connectivity index (χ0v) is 14.0. The van der Waals surface area contributed by atoms with Crippen LogP contribution in [-0.4, -0.2) is 26.4 Å². The Morgan fingerprint density at radius 3 is 3.09 bits per heavy atom. The summed E-state index contributed by atoms with van der Waals surface area (Å²) in [5, 5.41) is 3.84. The van der Waals surface area contributed by atoms with E-state index in [0.717, 1.165) is 53.0 Å². The number of benzene rings is 1. The van der Waals surface area contributed by atoms with Crippen molar-refractivity contribution in [2.24, 2.45) is 0 Å². The predicted molar refractivity (Wildman–Crippen MR) is 92.4 cm³/mol. The zero-order chi connectivity index (χ0) is 15.6.